The van der Waals surface area contributed by atoms with E-state index in [2.05, 4.69) is 5.32 Å². The molecule has 0 aromatic heterocycles. The molecule has 3 atom stereocenters. The van der Waals surface area contributed by atoms with Crippen LogP contribution in [0.15, 0.2) is 18.2 Å². The number of rotatable bonds is 3. The van der Waals surface area contributed by atoms with E-state index in [1.54, 1.807) is 12.1 Å². The lowest BCUT2D eigenvalue weighted by atomic mass is 9.82. The lowest BCUT2D eigenvalue weighted by Gasteiger charge is -2.22. The molecular weight excluding hydrogens is 256 g/mol. The second-order valence-electron chi connectivity index (χ2n) is 5.96. The van der Waals surface area contributed by atoms with Gasteiger partial charge in [0.1, 0.15) is 5.69 Å². The SMILES string of the molecule is CC(=O)Nc1cccc(C2CC3CCC2C3)c1[N+](=O)[O-]. The molecule has 106 valence electrons. The number of benzene rings is 1. The number of para-hydroxylation sites is 1. The molecule has 2 aliphatic rings. The van der Waals surface area contributed by atoms with E-state index in [4.69, 9.17) is 0 Å². The third-order valence-corrected chi connectivity index (χ3v) is 4.70. The van der Waals surface area contributed by atoms with E-state index >= 15 is 0 Å². The average molecular weight is 274 g/mol. The van der Waals surface area contributed by atoms with E-state index in [1.807, 2.05) is 6.07 Å². The predicted molar refractivity (Wildman–Crippen MR) is 75.6 cm³/mol. The molecule has 1 aromatic rings. The molecule has 5 nitrogen and oxygen atoms in total. The van der Waals surface area contributed by atoms with E-state index in [-0.39, 0.29) is 22.4 Å². The minimum Gasteiger partial charge on any atom is -0.321 e. The highest BCUT2D eigenvalue weighted by Gasteiger charge is 2.42. The zero-order valence-electron chi connectivity index (χ0n) is 11.5. The molecule has 5 heteroatoms. The van der Waals surface area contributed by atoms with Crippen molar-refractivity contribution in [3.05, 3.63) is 33.9 Å². The van der Waals surface area contributed by atoms with Crippen molar-refractivity contribution >= 4 is 17.3 Å². The normalized spacial score (nSPS) is 27.6. The Morgan fingerprint density at radius 2 is 2.15 bits per heavy atom. The zero-order chi connectivity index (χ0) is 14.3. The fourth-order valence-electron chi connectivity index (χ4n) is 3.98. The van der Waals surface area contributed by atoms with Crippen molar-refractivity contribution in [2.75, 3.05) is 5.32 Å². The van der Waals surface area contributed by atoms with Crippen molar-refractivity contribution in [3.63, 3.8) is 0 Å². The molecule has 2 saturated carbocycles. The summed E-state index contributed by atoms with van der Waals surface area (Å²) >= 11 is 0. The molecule has 20 heavy (non-hydrogen) atoms. The summed E-state index contributed by atoms with van der Waals surface area (Å²) in [4.78, 5) is 22.3. The molecule has 1 aromatic carbocycles. The second kappa shape index (κ2) is 4.89. The van der Waals surface area contributed by atoms with Crippen LogP contribution in [0.25, 0.3) is 0 Å². The Morgan fingerprint density at radius 1 is 1.35 bits per heavy atom. The van der Waals surface area contributed by atoms with Gasteiger partial charge >= 0.3 is 0 Å². The number of carbonyl (C=O) groups excluding carboxylic acids is 1. The van der Waals surface area contributed by atoms with Gasteiger partial charge in [-0.05, 0) is 43.1 Å². The monoisotopic (exact) mass is 274 g/mol. The maximum absolute atomic E-state index is 11.4. The smallest absolute Gasteiger partial charge is 0.296 e. The number of hydrogen-bond acceptors (Lipinski definition) is 3. The Kier molecular flexibility index (Phi) is 3.20. The van der Waals surface area contributed by atoms with Gasteiger partial charge in [0.05, 0.1) is 4.92 Å². The molecular formula is C15H18N2O3. The van der Waals surface area contributed by atoms with Gasteiger partial charge in [-0.3, -0.25) is 14.9 Å². The number of carbonyl (C=O) groups is 1. The molecule has 3 rings (SSSR count). The maximum atomic E-state index is 11.4. The molecule has 2 bridgehead atoms. The van der Waals surface area contributed by atoms with Crippen LogP contribution in [0, 0.1) is 22.0 Å². The molecule has 1 amide bonds. The molecule has 2 fully saturated rings. The van der Waals surface area contributed by atoms with Crippen molar-refractivity contribution in [3.8, 4) is 0 Å². The highest BCUT2D eigenvalue weighted by Crippen LogP contribution is 2.54. The summed E-state index contributed by atoms with van der Waals surface area (Å²) in [6, 6.07) is 5.27. The summed E-state index contributed by atoms with van der Waals surface area (Å²) in [6.07, 6.45) is 4.69. The maximum Gasteiger partial charge on any atom is 0.296 e. The number of nitrogens with one attached hydrogen (secondary N) is 1. The quantitative estimate of drug-likeness (QED) is 0.677. The summed E-state index contributed by atoms with van der Waals surface area (Å²) in [7, 11) is 0. The average Bonchev–Trinajstić information content (AvgIpc) is 2.99. The number of hydrogen-bond donors (Lipinski definition) is 1. The van der Waals surface area contributed by atoms with Crippen LogP contribution in [0.2, 0.25) is 0 Å². The largest absolute Gasteiger partial charge is 0.321 e. The summed E-state index contributed by atoms with van der Waals surface area (Å²) in [5, 5.41) is 14.0. The summed E-state index contributed by atoms with van der Waals surface area (Å²) in [6.45, 7) is 1.37. The standard InChI is InChI=1S/C15H18N2O3/c1-9(18)16-14-4-2-3-12(15(14)17(19)20)13-8-10-5-6-11(13)7-10/h2-4,10-11,13H,5-8H2,1H3,(H,16,18). The third-order valence-electron chi connectivity index (χ3n) is 4.70. The number of anilines is 1. The van der Waals surface area contributed by atoms with Crippen LogP contribution in [-0.2, 0) is 4.79 Å². The zero-order valence-corrected chi connectivity index (χ0v) is 11.5. The summed E-state index contributed by atoms with van der Waals surface area (Å²) < 4.78 is 0. The van der Waals surface area contributed by atoms with Crippen molar-refractivity contribution in [2.24, 2.45) is 11.8 Å². The van der Waals surface area contributed by atoms with Crippen LogP contribution in [0.3, 0.4) is 0 Å². The number of amides is 1. The lowest BCUT2D eigenvalue weighted by molar-refractivity contribution is -0.384. The summed E-state index contributed by atoms with van der Waals surface area (Å²) in [5.41, 5.74) is 1.21. The number of fused-ring (bicyclic) bond motifs is 2. The van der Waals surface area contributed by atoms with Crippen LogP contribution in [0.4, 0.5) is 11.4 Å². The van der Waals surface area contributed by atoms with Gasteiger partial charge in [0, 0.05) is 12.5 Å². The first-order valence-corrected chi connectivity index (χ1v) is 7.11. The van der Waals surface area contributed by atoms with Gasteiger partial charge in [-0.2, -0.15) is 0 Å². The molecule has 0 heterocycles. The minimum absolute atomic E-state index is 0.0836. The van der Waals surface area contributed by atoms with Gasteiger partial charge in [-0.15, -0.1) is 0 Å². The molecule has 0 radical (unpaired) electrons. The minimum atomic E-state index is -0.355. The van der Waals surface area contributed by atoms with Crippen molar-refractivity contribution < 1.29 is 9.72 Å². The van der Waals surface area contributed by atoms with E-state index in [0.29, 0.717) is 11.6 Å². The van der Waals surface area contributed by atoms with Crippen LogP contribution >= 0.6 is 0 Å². The molecule has 3 unspecified atom stereocenters. The molecule has 2 aliphatic carbocycles. The van der Waals surface area contributed by atoms with Crippen LogP contribution in [0.1, 0.15) is 44.1 Å². The first-order chi connectivity index (χ1) is 9.56. The Hall–Kier alpha value is -1.91. The topological polar surface area (TPSA) is 72.2 Å². The third kappa shape index (κ3) is 2.17. The highest BCUT2D eigenvalue weighted by molar-refractivity contribution is 5.91. The Balaban J connectivity index is 2.01. The van der Waals surface area contributed by atoms with Crippen LogP contribution in [0.5, 0.6) is 0 Å². The van der Waals surface area contributed by atoms with Crippen LogP contribution in [-0.4, -0.2) is 10.8 Å². The van der Waals surface area contributed by atoms with Gasteiger partial charge in [-0.25, -0.2) is 0 Å². The van der Waals surface area contributed by atoms with E-state index < -0.39 is 0 Å². The van der Waals surface area contributed by atoms with Gasteiger partial charge < -0.3 is 5.32 Å². The van der Waals surface area contributed by atoms with Crippen molar-refractivity contribution in [1.82, 2.24) is 0 Å². The van der Waals surface area contributed by atoms with Crippen molar-refractivity contribution in [2.45, 2.75) is 38.5 Å². The Bertz CT molecular complexity index is 570. The second-order valence-corrected chi connectivity index (χ2v) is 5.96. The number of nitro groups is 1. The van der Waals surface area contributed by atoms with Crippen LogP contribution < -0.4 is 5.32 Å². The van der Waals surface area contributed by atoms with Gasteiger partial charge in [0.25, 0.3) is 5.69 Å². The van der Waals surface area contributed by atoms with Gasteiger partial charge in [-0.1, -0.05) is 18.6 Å². The molecule has 0 saturated heterocycles. The molecule has 1 N–H and O–H groups in total. The van der Waals surface area contributed by atoms with Gasteiger partial charge in [0.15, 0.2) is 0 Å². The van der Waals surface area contributed by atoms with E-state index in [0.717, 1.165) is 17.9 Å². The van der Waals surface area contributed by atoms with Gasteiger partial charge in [0.2, 0.25) is 5.91 Å². The number of nitro benzene ring substituents is 1. The molecule has 0 aliphatic heterocycles. The summed E-state index contributed by atoms with van der Waals surface area (Å²) in [5.74, 6) is 1.31. The fourth-order valence-corrected chi connectivity index (χ4v) is 3.98. The first-order valence-electron chi connectivity index (χ1n) is 7.11. The Morgan fingerprint density at radius 3 is 2.70 bits per heavy atom. The molecule has 0 spiro atoms. The predicted octanol–water partition coefficient (Wildman–Crippen LogP) is 3.46. The Labute approximate surface area is 117 Å². The highest BCUT2D eigenvalue weighted by atomic mass is 16.6. The first kappa shape index (κ1) is 13.1. The van der Waals surface area contributed by atoms with E-state index in [1.165, 1.54) is 26.2 Å². The van der Waals surface area contributed by atoms with E-state index in [9.17, 15) is 14.9 Å². The fraction of sp³-hybridized carbons (Fsp3) is 0.533. The van der Waals surface area contributed by atoms with Crippen molar-refractivity contribution in [1.29, 1.82) is 0 Å². The number of nitrogens with zero attached hydrogens (tertiary/aromatic N) is 1. The lowest BCUT2D eigenvalue weighted by Crippen LogP contribution is -2.13.